The van der Waals surface area contributed by atoms with Crippen LogP contribution in [0.2, 0.25) is 0 Å². The first-order valence-corrected chi connectivity index (χ1v) is 5.80. The highest BCUT2D eigenvalue weighted by molar-refractivity contribution is 6.36. The van der Waals surface area contributed by atoms with Crippen LogP contribution in [0.3, 0.4) is 0 Å². The molecule has 0 fully saturated rings. The molecule has 0 spiro atoms. The van der Waals surface area contributed by atoms with E-state index in [1.165, 1.54) is 0 Å². The van der Waals surface area contributed by atoms with Gasteiger partial charge in [0.2, 0.25) is 0 Å². The molecule has 0 atom stereocenters. The maximum atomic E-state index is 5.32. The highest BCUT2D eigenvalue weighted by Gasteiger charge is 2.04. The van der Waals surface area contributed by atoms with E-state index < -0.39 is 0 Å². The Morgan fingerprint density at radius 3 is 2.36 bits per heavy atom. The van der Waals surface area contributed by atoms with Gasteiger partial charge in [0.1, 0.15) is 15.4 Å². The second-order valence-electron chi connectivity index (χ2n) is 2.30. The molecule has 0 saturated carbocycles. The average Bonchev–Trinajstić information content (AvgIpc) is 2.05. The van der Waals surface area contributed by atoms with Gasteiger partial charge in [-0.05, 0) is 6.42 Å². The Bertz CT molecular complexity index is 76.1. The monoisotopic (exact) mass is 178 g/mol. The van der Waals surface area contributed by atoms with E-state index in [0.29, 0.717) is 0 Å². The van der Waals surface area contributed by atoms with E-state index in [1.807, 2.05) is 0 Å². The molecule has 11 heavy (non-hydrogen) atoms. The lowest BCUT2D eigenvalue weighted by molar-refractivity contribution is -0.0462. The van der Waals surface area contributed by atoms with Crippen LogP contribution in [0.25, 0.3) is 0 Å². The lowest BCUT2D eigenvalue weighted by Crippen LogP contribution is -2.25. The predicted molar refractivity (Wildman–Crippen MR) is 47.5 cm³/mol. The van der Waals surface area contributed by atoms with Crippen LogP contribution in [0, 0.1) is 0 Å². The zero-order chi connectivity index (χ0) is 8.53. The summed E-state index contributed by atoms with van der Waals surface area (Å²) in [6, 6.07) is 0. The normalized spacial score (nSPS) is 12.0. The van der Waals surface area contributed by atoms with Gasteiger partial charge in [0.25, 0.3) is 0 Å². The summed E-state index contributed by atoms with van der Waals surface area (Å²) in [5.41, 5.74) is 0. The number of hydrogen-bond acceptors (Lipinski definition) is 3. The Kier molecular flexibility index (Phi) is 8.27. The fourth-order valence-electron chi connectivity index (χ4n) is 0.758. The minimum Gasteiger partial charge on any atom is -0.385 e. The van der Waals surface area contributed by atoms with Crippen molar-refractivity contribution in [2.24, 2.45) is 0 Å². The van der Waals surface area contributed by atoms with Crippen molar-refractivity contribution in [3.05, 3.63) is 0 Å². The molecule has 0 amide bonds. The number of methoxy groups -OCH3 is 2. The van der Waals surface area contributed by atoms with Crippen LogP contribution >= 0.6 is 0 Å². The first-order valence-electron chi connectivity index (χ1n) is 3.98. The van der Waals surface area contributed by atoms with Crippen molar-refractivity contribution < 1.29 is 14.2 Å². The molecule has 68 valence electrons. The second-order valence-corrected chi connectivity index (χ2v) is 3.95. The molecule has 0 N–H and O–H groups in total. The zero-order valence-corrected chi connectivity index (χ0v) is 9.04. The van der Waals surface area contributed by atoms with Gasteiger partial charge in [0.05, 0.1) is 0 Å². The Hall–Kier alpha value is 0.0969. The van der Waals surface area contributed by atoms with Crippen molar-refractivity contribution in [2.75, 3.05) is 27.1 Å². The van der Waals surface area contributed by atoms with E-state index in [2.05, 4.69) is 6.92 Å². The smallest absolute Gasteiger partial charge is 0.136 e. The van der Waals surface area contributed by atoms with E-state index in [4.69, 9.17) is 14.2 Å². The molecule has 0 heterocycles. The second kappa shape index (κ2) is 8.20. The van der Waals surface area contributed by atoms with Crippen molar-refractivity contribution in [2.45, 2.75) is 19.3 Å². The van der Waals surface area contributed by atoms with E-state index in [1.54, 1.807) is 14.2 Å². The Balaban J connectivity index is 3.07. The highest BCUT2D eigenvalue weighted by Crippen LogP contribution is 1.88. The fraction of sp³-hybridized carbons (Fsp3) is 1.00. The summed E-state index contributed by atoms with van der Waals surface area (Å²) in [7, 11) is 2.97. The van der Waals surface area contributed by atoms with Gasteiger partial charge in [-0.25, -0.2) is 0 Å². The van der Waals surface area contributed by atoms with Crippen LogP contribution in [-0.4, -0.2) is 42.5 Å². The molecule has 0 unspecified atom stereocenters. The zero-order valence-electron chi connectivity index (χ0n) is 7.63. The molecule has 0 aromatic rings. The topological polar surface area (TPSA) is 27.7 Å². The molecule has 0 aliphatic heterocycles. The first kappa shape index (κ1) is 11.1. The maximum absolute atomic E-state index is 5.32. The Morgan fingerprint density at radius 1 is 1.27 bits per heavy atom. The third-order valence-corrected chi connectivity index (χ3v) is 3.03. The molecular weight excluding hydrogens is 160 g/mol. The van der Waals surface area contributed by atoms with Gasteiger partial charge in [-0.15, -0.1) is 0 Å². The summed E-state index contributed by atoms with van der Waals surface area (Å²) in [5, 5.41) is 0. The van der Waals surface area contributed by atoms with Crippen molar-refractivity contribution in [1.82, 2.24) is 0 Å². The molecule has 0 radical (unpaired) electrons. The van der Waals surface area contributed by atoms with Gasteiger partial charge < -0.3 is 14.2 Å². The van der Waals surface area contributed by atoms with Gasteiger partial charge in [-0.3, -0.25) is 0 Å². The summed E-state index contributed by atoms with van der Waals surface area (Å²) in [6.45, 7) is 2.96. The predicted octanol–water partition coefficient (Wildman–Crippen LogP) is 0.116. The SMILES string of the molecule is CCCOC[SiH2]C(OC)OC. The quantitative estimate of drug-likeness (QED) is 0.315. The molecule has 0 aliphatic rings. The number of ether oxygens (including phenoxy) is 3. The van der Waals surface area contributed by atoms with Crippen molar-refractivity contribution in [3.63, 3.8) is 0 Å². The van der Waals surface area contributed by atoms with Crippen LogP contribution < -0.4 is 0 Å². The molecule has 3 nitrogen and oxygen atoms in total. The van der Waals surface area contributed by atoms with Crippen LogP contribution in [-0.2, 0) is 14.2 Å². The summed E-state index contributed by atoms with van der Waals surface area (Å²) < 4.78 is 15.4. The standard InChI is InChI=1S/C7H18O3Si/c1-4-5-10-6-11-7(8-2)9-3/h7H,4-6,11H2,1-3H3. The lowest BCUT2D eigenvalue weighted by Gasteiger charge is -2.12. The first-order chi connectivity index (χ1) is 5.35. The van der Waals surface area contributed by atoms with E-state index in [0.717, 1.165) is 19.3 Å². The highest BCUT2D eigenvalue weighted by atomic mass is 28.2. The third kappa shape index (κ3) is 6.49. The largest absolute Gasteiger partial charge is 0.385 e. The van der Waals surface area contributed by atoms with Gasteiger partial charge in [0, 0.05) is 27.1 Å². The molecule has 4 heteroatoms. The summed E-state index contributed by atoms with van der Waals surface area (Å²) >= 11 is 0. The summed E-state index contributed by atoms with van der Waals surface area (Å²) in [4.78, 5) is 0. The van der Waals surface area contributed by atoms with Crippen LogP contribution in [0.15, 0.2) is 0 Å². The minimum absolute atomic E-state index is 0.0202. The molecule has 0 aliphatic carbocycles. The lowest BCUT2D eigenvalue weighted by atomic mass is 10.5. The molecule has 0 rings (SSSR count). The van der Waals surface area contributed by atoms with Crippen LogP contribution in [0.5, 0.6) is 0 Å². The summed E-state index contributed by atoms with van der Waals surface area (Å²) in [6.07, 6.45) is 1.93. The van der Waals surface area contributed by atoms with Crippen molar-refractivity contribution in [3.8, 4) is 0 Å². The summed E-state index contributed by atoms with van der Waals surface area (Å²) in [5.74, 6) is 0.0202. The molecular formula is C7H18O3Si. The van der Waals surface area contributed by atoms with E-state index in [-0.39, 0.29) is 15.4 Å². The fourth-order valence-corrected chi connectivity index (χ4v) is 1.79. The van der Waals surface area contributed by atoms with Crippen molar-refractivity contribution in [1.29, 1.82) is 0 Å². The van der Waals surface area contributed by atoms with Gasteiger partial charge >= 0.3 is 0 Å². The molecule has 0 bridgehead atoms. The minimum atomic E-state index is -0.362. The average molecular weight is 178 g/mol. The van der Waals surface area contributed by atoms with E-state index >= 15 is 0 Å². The Labute approximate surface area is 70.8 Å². The number of hydrogen-bond donors (Lipinski definition) is 0. The van der Waals surface area contributed by atoms with Gasteiger partial charge in [0.15, 0.2) is 0 Å². The Morgan fingerprint density at radius 2 is 1.91 bits per heavy atom. The molecule has 0 aromatic heterocycles. The third-order valence-electron chi connectivity index (χ3n) is 1.37. The van der Waals surface area contributed by atoms with Crippen LogP contribution in [0.4, 0.5) is 0 Å². The van der Waals surface area contributed by atoms with Gasteiger partial charge in [-0.2, -0.15) is 0 Å². The maximum Gasteiger partial charge on any atom is 0.136 e. The van der Waals surface area contributed by atoms with E-state index in [9.17, 15) is 0 Å². The molecule has 0 aromatic carbocycles. The molecule has 0 saturated heterocycles. The number of rotatable bonds is 7. The van der Waals surface area contributed by atoms with Crippen LogP contribution in [0.1, 0.15) is 13.3 Å². The van der Waals surface area contributed by atoms with Crippen molar-refractivity contribution >= 4 is 9.52 Å². The van der Waals surface area contributed by atoms with Gasteiger partial charge in [-0.1, -0.05) is 6.92 Å².